The van der Waals surface area contributed by atoms with Crippen molar-refractivity contribution in [3.05, 3.63) is 33.4 Å². The summed E-state index contributed by atoms with van der Waals surface area (Å²) in [7, 11) is 3.18. The third kappa shape index (κ3) is 2.83. The van der Waals surface area contributed by atoms with Gasteiger partial charge in [0.25, 0.3) is 0 Å². The predicted octanol–water partition coefficient (Wildman–Crippen LogP) is 2.99. The summed E-state index contributed by atoms with van der Waals surface area (Å²) < 4.78 is 11.5. The van der Waals surface area contributed by atoms with E-state index in [4.69, 9.17) is 21.7 Å². The third-order valence-corrected chi connectivity index (χ3v) is 5.15. The van der Waals surface area contributed by atoms with E-state index in [1.54, 1.807) is 14.2 Å². The average Bonchev–Trinajstić information content (AvgIpc) is 2.53. The minimum absolute atomic E-state index is 0.153. The Labute approximate surface area is 148 Å². The van der Waals surface area contributed by atoms with Gasteiger partial charge < -0.3 is 20.1 Å². The number of Topliss-reactive ketones (excluding diaryl/α,β-unsaturated/α-hetero) is 1. The quantitative estimate of drug-likeness (QED) is 0.765. The molecule has 0 radical (unpaired) electrons. The predicted molar refractivity (Wildman–Crippen MR) is 94.7 cm³/mol. The highest BCUT2D eigenvalue weighted by atomic mass is 79.9. The number of thiocarbonyl (C=S) groups is 1. The number of hydrogen-bond donors (Lipinski definition) is 2. The van der Waals surface area contributed by atoms with E-state index in [0.29, 0.717) is 23.0 Å². The van der Waals surface area contributed by atoms with Crippen molar-refractivity contribution in [3.63, 3.8) is 0 Å². The summed E-state index contributed by atoms with van der Waals surface area (Å²) in [5.41, 5.74) is 2.59. The molecule has 3 rings (SSSR count). The van der Waals surface area contributed by atoms with Gasteiger partial charge in [-0.1, -0.05) is 6.07 Å². The van der Waals surface area contributed by atoms with E-state index in [0.717, 1.165) is 34.1 Å². The summed E-state index contributed by atoms with van der Waals surface area (Å²) in [5.74, 6) is 1.38. The zero-order chi connectivity index (χ0) is 16.6. The molecule has 0 saturated carbocycles. The number of allylic oxidation sites excluding steroid dienone is 1. The van der Waals surface area contributed by atoms with Crippen LogP contribution in [0, 0.1) is 0 Å². The van der Waals surface area contributed by atoms with E-state index >= 15 is 0 Å². The standard InChI is InChI=1S/C16H17BrN2O3S/c1-21-11-7-6-8(13(17)15(11)22-2)14-12-9(18-16(23)19-14)4-3-5-10(12)20/h6-7,14H,3-5H2,1-2H3,(H2,18,19,23). The van der Waals surface area contributed by atoms with E-state index in [-0.39, 0.29) is 11.8 Å². The van der Waals surface area contributed by atoms with Crippen molar-refractivity contribution in [1.29, 1.82) is 0 Å². The Hall–Kier alpha value is -1.60. The summed E-state index contributed by atoms with van der Waals surface area (Å²) in [4.78, 5) is 12.5. The summed E-state index contributed by atoms with van der Waals surface area (Å²) in [6, 6.07) is 3.46. The largest absolute Gasteiger partial charge is 0.493 e. The zero-order valence-corrected chi connectivity index (χ0v) is 15.3. The Morgan fingerprint density at radius 3 is 2.74 bits per heavy atom. The second-order valence-electron chi connectivity index (χ2n) is 5.40. The first-order valence-electron chi connectivity index (χ1n) is 7.31. The van der Waals surface area contributed by atoms with Crippen molar-refractivity contribution in [3.8, 4) is 11.5 Å². The van der Waals surface area contributed by atoms with Crippen molar-refractivity contribution < 1.29 is 14.3 Å². The molecule has 23 heavy (non-hydrogen) atoms. The smallest absolute Gasteiger partial charge is 0.175 e. The highest BCUT2D eigenvalue weighted by molar-refractivity contribution is 9.10. The molecule has 7 heteroatoms. The topological polar surface area (TPSA) is 59.6 Å². The van der Waals surface area contributed by atoms with Crippen LogP contribution in [-0.2, 0) is 4.79 Å². The number of carbonyl (C=O) groups is 1. The van der Waals surface area contributed by atoms with Crippen LogP contribution in [0.15, 0.2) is 27.9 Å². The van der Waals surface area contributed by atoms with Crippen LogP contribution in [0.1, 0.15) is 30.9 Å². The summed E-state index contributed by atoms with van der Waals surface area (Å²) in [6.45, 7) is 0. The lowest BCUT2D eigenvalue weighted by atomic mass is 9.85. The molecule has 0 fully saturated rings. The zero-order valence-electron chi connectivity index (χ0n) is 12.9. The van der Waals surface area contributed by atoms with Crippen molar-refractivity contribution in [2.45, 2.75) is 25.3 Å². The first-order valence-corrected chi connectivity index (χ1v) is 8.51. The van der Waals surface area contributed by atoms with Gasteiger partial charge in [0.1, 0.15) is 0 Å². The third-order valence-electron chi connectivity index (χ3n) is 4.11. The molecule has 2 aliphatic rings. The van der Waals surface area contributed by atoms with Crippen LogP contribution < -0.4 is 20.1 Å². The number of ketones is 1. The lowest BCUT2D eigenvalue weighted by Gasteiger charge is -2.34. The van der Waals surface area contributed by atoms with Gasteiger partial charge in [0.2, 0.25) is 0 Å². The molecule has 5 nitrogen and oxygen atoms in total. The number of methoxy groups -OCH3 is 2. The molecule has 1 aromatic carbocycles. The second kappa shape index (κ2) is 6.49. The van der Waals surface area contributed by atoms with Crippen molar-refractivity contribution >= 4 is 39.0 Å². The first-order chi connectivity index (χ1) is 11.1. The van der Waals surface area contributed by atoms with Crippen LogP contribution >= 0.6 is 28.1 Å². The summed E-state index contributed by atoms with van der Waals surface area (Å²) in [5, 5.41) is 6.87. The molecule has 1 aliphatic heterocycles. The molecule has 0 aromatic heterocycles. The molecule has 1 aliphatic carbocycles. The van der Waals surface area contributed by atoms with Crippen LogP contribution in [0.25, 0.3) is 0 Å². The molecule has 0 bridgehead atoms. The number of nitrogens with one attached hydrogen (secondary N) is 2. The fourth-order valence-corrected chi connectivity index (χ4v) is 4.02. The van der Waals surface area contributed by atoms with Gasteiger partial charge in [0, 0.05) is 17.7 Å². The molecule has 2 N–H and O–H groups in total. The number of carbonyl (C=O) groups excluding carboxylic acids is 1. The Balaban J connectivity index is 2.13. The van der Waals surface area contributed by atoms with E-state index in [1.165, 1.54) is 0 Å². The maximum atomic E-state index is 12.5. The minimum Gasteiger partial charge on any atom is -0.493 e. The maximum absolute atomic E-state index is 12.5. The van der Waals surface area contributed by atoms with Gasteiger partial charge in [-0.25, -0.2) is 0 Å². The highest BCUT2D eigenvalue weighted by Crippen LogP contribution is 2.43. The Kier molecular flexibility index (Phi) is 4.59. The lowest BCUT2D eigenvalue weighted by molar-refractivity contribution is -0.116. The number of hydrogen-bond acceptors (Lipinski definition) is 4. The molecule has 1 atom stereocenters. The van der Waals surface area contributed by atoms with Crippen molar-refractivity contribution in [1.82, 2.24) is 10.6 Å². The summed E-state index contributed by atoms with van der Waals surface area (Å²) >= 11 is 8.89. The fourth-order valence-electron chi connectivity index (χ4n) is 3.07. The van der Waals surface area contributed by atoms with Gasteiger partial charge >= 0.3 is 0 Å². The molecule has 1 aromatic rings. The number of rotatable bonds is 3. The Morgan fingerprint density at radius 2 is 2.04 bits per heavy atom. The Bertz CT molecular complexity index is 718. The van der Waals surface area contributed by atoms with Gasteiger partial charge in [0.05, 0.1) is 24.7 Å². The number of ether oxygens (including phenoxy) is 2. The SMILES string of the molecule is COc1ccc(C2NC(=S)NC3=C2C(=O)CCC3)c(Br)c1OC. The monoisotopic (exact) mass is 396 g/mol. The second-order valence-corrected chi connectivity index (χ2v) is 6.61. The van der Waals surface area contributed by atoms with Crippen LogP contribution in [0.3, 0.4) is 0 Å². The minimum atomic E-state index is -0.291. The molecule has 122 valence electrons. The van der Waals surface area contributed by atoms with Gasteiger partial charge in [-0.15, -0.1) is 0 Å². The van der Waals surface area contributed by atoms with Crippen molar-refractivity contribution in [2.75, 3.05) is 14.2 Å². The van der Waals surface area contributed by atoms with E-state index in [2.05, 4.69) is 26.6 Å². The van der Waals surface area contributed by atoms with Crippen LogP contribution in [-0.4, -0.2) is 25.1 Å². The molecule has 0 saturated heterocycles. The fraction of sp³-hybridized carbons (Fsp3) is 0.375. The molecule has 1 heterocycles. The normalized spacial score (nSPS) is 20.6. The van der Waals surface area contributed by atoms with E-state index in [1.807, 2.05) is 12.1 Å². The van der Waals surface area contributed by atoms with Crippen LogP contribution in [0.4, 0.5) is 0 Å². The number of halogens is 1. The van der Waals surface area contributed by atoms with Gasteiger partial charge in [-0.3, -0.25) is 4.79 Å². The van der Waals surface area contributed by atoms with E-state index < -0.39 is 0 Å². The number of benzene rings is 1. The summed E-state index contributed by atoms with van der Waals surface area (Å²) in [6.07, 6.45) is 2.26. The molecular weight excluding hydrogens is 380 g/mol. The average molecular weight is 397 g/mol. The molecular formula is C16H17BrN2O3S. The Morgan fingerprint density at radius 1 is 1.26 bits per heavy atom. The van der Waals surface area contributed by atoms with Gasteiger partial charge in [0.15, 0.2) is 22.4 Å². The lowest BCUT2D eigenvalue weighted by Crippen LogP contribution is -2.46. The van der Waals surface area contributed by atoms with Gasteiger partial charge in [-0.05, 0) is 52.6 Å². The first kappa shape index (κ1) is 16.3. The van der Waals surface area contributed by atoms with E-state index in [9.17, 15) is 4.79 Å². The van der Waals surface area contributed by atoms with Gasteiger partial charge in [-0.2, -0.15) is 0 Å². The van der Waals surface area contributed by atoms with Crippen LogP contribution in [0.2, 0.25) is 0 Å². The molecule has 0 spiro atoms. The van der Waals surface area contributed by atoms with Crippen LogP contribution in [0.5, 0.6) is 11.5 Å². The maximum Gasteiger partial charge on any atom is 0.175 e. The molecule has 0 amide bonds. The van der Waals surface area contributed by atoms with Crippen molar-refractivity contribution in [2.24, 2.45) is 0 Å². The highest BCUT2D eigenvalue weighted by Gasteiger charge is 2.34. The molecule has 1 unspecified atom stereocenters.